The third-order valence-corrected chi connectivity index (χ3v) is 4.54. The van der Waals surface area contributed by atoms with Crippen molar-refractivity contribution >= 4 is 5.71 Å². The molecule has 2 aliphatic rings. The van der Waals surface area contributed by atoms with Gasteiger partial charge in [-0.15, -0.1) is 0 Å². The monoisotopic (exact) mass is 301 g/mol. The fourth-order valence-corrected chi connectivity index (χ4v) is 3.15. The van der Waals surface area contributed by atoms with E-state index in [1.165, 1.54) is 29.7 Å². The van der Waals surface area contributed by atoms with E-state index in [-0.39, 0.29) is 0 Å². The molecule has 0 aromatic rings. The normalized spacial score (nSPS) is 22.3. The first kappa shape index (κ1) is 17.0. The van der Waals surface area contributed by atoms with E-state index in [9.17, 15) is 0 Å². The van der Waals surface area contributed by atoms with Crippen molar-refractivity contribution < 1.29 is 0 Å². The lowest BCUT2D eigenvalue weighted by Gasteiger charge is -2.32. The maximum absolute atomic E-state index is 4.70. The molecule has 1 aliphatic heterocycles. The van der Waals surface area contributed by atoms with Gasteiger partial charge in [0, 0.05) is 49.4 Å². The van der Waals surface area contributed by atoms with Gasteiger partial charge in [-0.3, -0.25) is 4.99 Å². The highest BCUT2D eigenvalue weighted by Crippen LogP contribution is 2.41. The fourth-order valence-electron chi connectivity index (χ4n) is 3.15. The smallest absolute Gasteiger partial charge is 0.0464 e. The van der Waals surface area contributed by atoms with E-state index < -0.39 is 0 Å². The number of aliphatic imine (C=N–C) groups is 1. The van der Waals surface area contributed by atoms with E-state index in [1.807, 2.05) is 6.20 Å². The van der Waals surface area contributed by atoms with Crippen LogP contribution in [0.3, 0.4) is 0 Å². The van der Waals surface area contributed by atoms with Crippen molar-refractivity contribution in [2.75, 3.05) is 26.2 Å². The molecule has 0 aromatic carbocycles. The first-order chi connectivity index (χ1) is 10.7. The minimum Gasteiger partial charge on any atom is -0.372 e. The molecule has 0 spiro atoms. The Balaban J connectivity index is 2.35. The Labute approximate surface area is 135 Å². The van der Waals surface area contributed by atoms with Crippen molar-refractivity contribution in [3.8, 4) is 0 Å². The lowest BCUT2D eigenvalue weighted by molar-refractivity contribution is 0.298. The summed E-state index contributed by atoms with van der Waals surface area (Å²) < 4.78 is 0. The van der Waals surface area contributed by atoms with E-state index in [0.717, 1.165) is 44.2 Å². The van der Waals surface area contributed by atoms with Crippen LogP contribution in [0.4, 0.5) is 0 Å². The summed E-state index contributed by atoms with van der Waals surface area (Å²) in [6.07, 6.45) is 10.1. The minimum absolute atomic E-state index is 0.748. The van der Waals surface area contributed by atoms with Gasteiger partial charge in [-0.1, -0.05) is 19.1 Å². The maximum atomic E-state index is 4.70. The van der Waals surface area contributed by atoms with E-state index in [1.54, 1.807) is 0 Å². The van der Waals surface area contributed by atoms with Gasteiger partial charge in [0.15, 0.2) is 0 Å². The Morgan fingerprint density at radius 3 is 2.45 bits per heavy atom. The zero-order valence-corrected chi connectivity index (χ0v) is 14.7. The van der Waals surface area contributed by atoms with Crippen LogP contribution in [0.25, 0.3) is 0 Å². The fraction of sp³-hybridized carbons (Fsp3) is 0.632. The van der Waals surface area contributed by atoms with Crippen molar-refractivity contribution in [3.63, 3.8) is 0 Å². The van der Waals surface area contributed by atoms with Gasteiger partial charge in [-0.2, -0.15) is 0 Å². The number of hydrogen-bond donors (Lipinski definition) is 1. The minimum atomic E-state index is 0.748. The summed E-state index contributed by atoms with van der Waals surface area (Å²) in [6.45, 7) is 13.1. The van der Waals surface area contributed by atoms with Crippen LogP contribution in [-0.2, 0) is 0 Å². The molecule has 1 N–H and O–H groups in total. The van der Waals surface area contributed by atoms with Crippen molar-refractivity contribution in [1.82, 2.24) is 10.2 Å². The SMILES string of the molecule is C\C=C(C(/C(C)=N/C=C/CC)=C(/C)N1CCNCC1)\C1CC1. The first-order valence-electron chi connectivity index (χ1n) is 8.71. The molecule has 0 unspecified atom stereocenters. The Hall–Kier alpha value is -1.35. The molecular weight excluding hydrogens is 270 g/mol. The molecule has 0 bridgehead atoms. The molecule has 1 aliphatic carbocycles. The average Bonchev–Trinajstić information content (AvgIpc) is 3.37. The predicted molar refractivity (Wildman–Crippen MR) is 96.2 cm³/mol. The van der Waals surface area contributed by atoms with Gasteiger partial charge in [0.05, 0.1) is 0 Å². The van der Waals surface area contributed by atoms with Crippen LogP contribution in [0.1, 0.15) is 47.0 Å². The molecule has 1 saturated carbocycles. The summed E-state index contributed by atoms with van der Waals surface area (Å²) in [5, 5.41) is 3.44. The molecule has 2 rings (SSSR count). The Kier molecular flexibility index (Phi) is 6.44. The van der Waals surface area contributed by atoms with Crippen molar-refractivity contribution in [3.05, 3.63) is 35.2 Å². The number of nitrogens with zero attached hydrogens (tertiary/aromatic N) is 2. The summed E-state index contributed by atoms with van der Waals surface area (Å²) in [7, 11) is 0. The highest BCUT2D eigenvalue weighted by molar-refractivity contribution is 6.03. The second kappa shape index (κ2) is 8.33. The molecule has 1 saturated heterocycles. The van der Waals surface area contributed by atoms with Crippen molar-refractivity contribution in [1.29, 1.82) is 0 Å². The molecule has 0 atom stereocenters. The van der Waals surface area contributed by atoms with Crippen LogP contribution in [0, 0.1) is 5.92 Å². The van der Waals surface area contributed by atoms with Gasteiger partial charge < -0.3 is 10.2 Å². The molecule has 3 heteroatoms. The van der Waals surface area contributed by atoms with E-state index >= 15 is 0 Å². The second-order valence-corrected chi connectivity index (χ2v) is 6.22. The van der Waals surface area contributed by atoms with Crippen LogP contribution in [-0.4, -0.2) is 36.8 Å². The third kappa shape index (κ3) is 4.33. The quantitative estimate of drug-likeness (QED) is 0.595. The number of piperazine rings is 1. The van der Waals surface area contributed by atoms with Crippen molar-refractivity contribution in [2.45, 2.75) is 47.0 Å². The average molecular weight is 301 g/mol. The second-order valence-electron chi connectivity index (χ2n) is 6.22. The predicted octanol–water partition coefficient (Wildman–Crippen LogP) is 3.91. The summed E-state index contributed by atoms with van der Waals surface area (Å²) in [5.41, 5.74) is 5.43. The summed E-state index contributed by atoms with van der Waals surface area (Å²) in [5.74, 6) is 0.748. The Morgan fingerprint density at radius 2 is 1.91 bits per heavy atom. The Bertz CT molecular complexity index is 487. The molecule has 0 radical (unpaired) electrons. The Morgan fingerprint density at radius 1 is 1.23 bits per heavy atom. The van der Waals surface area contributed by atoms with Gasteiger partial charge >= 0.3 is 0 Å². The van der Waals surface area contributed by atoms with Gasteiger partial charge in [0.25, 0.3) is 0 Å². The molecule has 0 aromatic heterocycles. The lowest BCUT2D eigenvalue weighted by atomic mass is 9.95. The summed E-state index contributed by atoms with van der Waals surface area (Å²) in [4.78, 5) is 7.22. The molecule has 22 heavy (non-hydrogen) atoms. The number of hydrogen-bond acceptors (Lipinski definition) is 3. The number of nitrogens with one attached hydrogen (secondary N) is 1. The van der Waals surface area contributed by atoms with Gasteiger partial charge in [0.2, 0.25) is 0 Å². The molecular formula is C19H31N3. The molecule has 1 heterocycles. The van der Waals surface area contributed by atoms with Crippen LogP contribution >= 0.6 is 0 Å². The topological polar surface area (TPSA) is 27.6 Å². The van der Waals surface area contributed by atoms with Crippen LogP contribution in [0.15, 0.2) is 40.2 Å². The molecule has 3 nitrogen and oxygen atoms in total. The largest absolute Gasteiger partial charge is 0.372 e. The van der Waals surface area contributed by atoms with E-state index in [4.69, 9.17) is 4.99 Å². The van der Waals surface area contributed by atoms with E-state index in [0.29, 0.717) is 0 Å². The molecule has 2 fully saturated rings. The van der Waals surface area contributed by atoms with Crippen LogP contribution in [0.5, 0.6) is 0 Å². The van der Waals surface area contributed by atoms with Crippen LogP contribution < -0.4 is 5.32 Å². The zero-order chi connectivity index (χ0) is 15.9. The molecule has 0 amide bonds. The first-order valence-corrected chi connectivity index (χ1v) is 8.71. The van der Waals surface area contributed by atoms with Crippen LogP contribution in [0.2, 0.25) is 0 Å². The van der Waals surface area contributed by atoms with Gasteiger partial charge in [0.1, 0.15) is 0 Å². The standard InChI is InChI=1S/C19H31N3/c1-5-7-10-21-15(3)19(18(6-2)17-8-9-17)16(4)22-13-11-20-12-14-22/h6-7,10,17,20H,5,8-9,11-14H2,1-4H3/b10-7+,18-6-,19-16-,21-15+. The number of allylic oxidation sites excluding steroid dienone is 5. The zero-order valence-electron chi connectivity index (χ0n) is 14.7. The molecule has 122 valence electrons. The summed E-state index contributed by atoms with van der Waals surface area (Å²) >= 11 is 0. The number of rotatable bonds is 6. The highest BCUT2D eigenvalue weighted by atomic mass is 15.2. The van der Waals surface area contributed by atoms with Gasteiger partial charge in [-0.25, -0.2) is 0 Å². The highest BCUT2D eigenvalue weighted by Gasteiger charge is 2.30. The third-order valence-electron chi connectivity index (χ3n) is 4.54. The van der Waals surface area contributed by atoms with Gasteiger partial charge in [-0.05, 0) is 51.5 Å². The van der Waals surface area contributed by atoms with Crippen molar-refractivity contribution in [2.24, 2.45) is 10.9 Å². The maximum Gasteiger partial charge on any atom is 0.0464 e. The van der Waals surface area contributed by atoms with E-state index in [2.05, 4.69) is 50.1 Å². The summed E-state index contributed by atoms with van der Waals surface area (Å²) in [6, 6.07) is 0. The lowest BCUT2D eigenvalue weighted by Crippen LogP contribution is -2.43.